The molecule has 0 saturated carbocycles. The molecule has 5 nitrogen and oxygen atoms in total. The molecule has 6 heteroatoms. The van der Waals surface area contributed by atoms with Crippen LogP contribution in [0.3, 0.4) is 0 Å². The number of hydrogen-bond acceptors (Lipinski definition) is 5. The number of carbonyl (C=O) groups is 1. The second kappa shape index (κ2) is 4.53. The van der Waals surface area contributed by atoms with Crippen LogP contribution in [0.1, 0.15) is 19.5 Å². The van der Waals surface area contributed by atoms with Crippen molar-refractivity contribution in [3.8, 4) is 10.8 Å². The van der Waals surface area contributed by atoms with E-state index in [0.29, 0.717) is 5.69 Å². The number of aromatic nitrogens is 3. The van der Waals surface area contributed by atoms with Crippen molar-refractivity contribution in [3.63, 3.8) is 0 Å². The van der Waals surface area contributed by atoms with Crippen LogP contribution in [0, 0.1) is 0 Å². The number of nitrogens with zero attached hydrogens (tertiary/aromatic N) is 3. The summed E-state index contributed by atoms with van der Waals surface area (Å²) in [5.41, 5.74) is -0.0355. The topological polar surface area (TPSA) is 57.0 Å². The van der Waals surface area contributed by atoms with Gasteiger partial charge in [0, 0.05) is 24.8 Å². The van der Waals surface area contributed by atoms with Gasteiger partial charge < -0.3 is 9.30 Å². The lowest BCUT2D eigenvalue weighted by molar-refractivity contribution is -0.146. The molecule has 0 saturated heterocycles. The molecule has 2 heterocycles. The van der Waals surface area contributed by atoms with E-state index in [1.54, 1.807) is 20.0 Å². The summed E-state index contributed by atoms with van der Waals surface area (Å²) in [6.07, 6.45) is 3.59. The van der Waals surface area contributed by atoms with Crippen molar-refractivity contribution >= 4 is 17.3 Å². The van der Waals surface area contributed by atoms with Gasteiger partial charge in [-0.15, -0.1) is 11.3 Å². The van der Waals surface area contributed by atoms with Crippen molar-refractivity contribution in [1.82, 2.24) is 14.5 Å². The quantitative estimate of drug-likeness (QED) is 0.796. The van der Waals surface area contributed by atoms with Gasteiger partial charge in [-0.05, 0) is 13.8 Å². The summed E-state index contributed by atoms with van der Waals surface area (Å²) in [5.74, 6) is 0.506. The lowest BCUT2D eigenvalue weighted by Gasteiger charge is -2.18. The van der Waals surface area contributed by atoms with Gasteiger partial charge in [-0.3, -0.25) is 4.79 Å². The highest BCUT2D eigenvalue weighted by Crippen LogP contribution is 2.29. The van der Waals surface area contributed by atoms with Crippen LogP contribution in [0.15, 0.2) is 17.8 Å². The van der Waals surface area contributed by atoms with Gasteiger partial charge >= 0.3 is 5.97 Å². The van der Waals surface area contributed by atoms with Gasteiger partial charge in [-0.1, -0.05) is 0 Å². The van der Waals surface area contributed by atoms with Crippen LogP contribution in [0.25, 0.3) is 10.8 Å². The zero-order valence-electron chi connectivity index (χ0n) is 10.8. The van der Waals surface area contributed by atoms with Crippen LogP contribution in [-0.2, 0) is 22.0 Å². The first-order chi connectivity index (χ1) is 8.46. The Morgan fingerprint density at radius 1 is 1.50 bits per heavy atom. The second-order valence-electron chi connectivity index (χ2n) is 4.52. The first-order valence-electron chi connectivity index (χ1n) is 5.49. The van der Waals surface area contributed by atoms with E-state index >= 15 is 0 Å². The molecule has 0 radical (unpaired) electrons. The molecule has 0 spiro atoms. The van der Waals surface area contributed by atoms with Gasteiger partial charge in [0.2, 0.25) is 0 Å². The Labute approximate surface area is 109 Å². The van der Waals surface area contributed by atoms with Crippen LogP contribution in [0.4, 0.5) is 0 Å². The Bertz CT molecular complexity index is 571. The van der Waals surface area contributed by atoms with E-state index in [0.717, 1.165) is 10.8 Å². The molecule has 2 aromatic rings. The summed E-state index contributed by atoms with van der Waals surface area (Å²) in [4.78, 5) is 20.4. The number of hydrogen-bond donors (Lipinski definition) is 0. The minimum Gasteiger partial charge on any atom is -0.468 e. The maximum atomic E-state index is 11.7. The SMILES string of the molecule is COC(=O)C(C)(C)c1csc(-c2nccn2C)n1. The Morgan fingerprint density at radius 2 is 2.22 bits per heavy atom. The van der Waals surface area contributed by atoms with E-state index in [4.69, 9.17) is 4.74 Å². The molecule has 0 bridgehead atoms. The van der Waals surface area contributed by atoms with Gasteiger partial charge in [-0.2, -0.15) is 0 Å². The second-order valence-corrected chi connectivity index (χ2v) is 5.37. The largest absolute Gasteiger partial charge is 0.468 e. The van der Waals surface area contributed by atoms with Gasteiger partial charge in [0.1, 0.15) is 5.41 Å². The summed E-state index contributed by atoms with van der Waals surface area (Å²) >= 11 is 1.47. The number of esters is 1. The summed E-state index contributed by atoms with van der Waals surface area (Å²) < 4.78 is 6.69. The van der Waals surface area contributed by atoms with Crippen molar-refractivity contribution < 1.29 is 9.53 Å². The normalized spacial score (nSPS) is 11.6. The Kier molecular flexibility index (Phi) is 3.21. The molecule has 0 aliphatic heterocycles. The smallest absolute Gasteiger partial charge is 0.317 e. The highest BCUT2D eigenvalue weighted by Gasteiger charge is 2.33. The highest BCUT2D eigenvalue weighted by molar-refractivity contribution is 7.13. The average molecular weight is 265 g/mol. The number of thiazole rings is 1. The third-order valence-electron chi connectivity index (χ3n) is 2.85. The van der Waals surface area contributed by atoms with E-state index in [1.165, 1.54) is 18.4 Å². The fraction of sp³-hybridized carbons (Fsp3) is 0.417. The van der Waals surface area contributed by atoms with E-state index in [9.17, 15) is 4.79 Å². The Hall–Kier alpha value is -1.69. The van der Waals surface area contributed by atoms with Crippen molar-refractivity contribution in [2.24, 2.45) is 7.05 Å². The maximum Gasteiger partial charge on any atom is 0.317 e. The average Bonchev–Trinajstić information content (AvgIpc) is 2.95. The van der Waals surface area contributed by atoms with Crippen molar-refractivity contribution in [2.45, 2.75) is 19.3 Å². The predicted molar refractivity (Wildman–Crippen MR) is 69.4 cm³/mol. The molecule has 0 fully saturated rings. The van der Waals surface area contributed by atoms with Crippen molar-refractivity contribution in [3.05, 3.63) is 23.5 Å². The minimum atomic E-state index is -0.741. The monoisotopic (exact) mass is 265 g/mol. The van der Waals surface area contributed by atoms with Gasteiger partial charge in [-0.25, -0.2) is 9.97 Å². The molecule has 2 rings (SSSR count). The first kappa shape index (κ1) is 12.8. The maximum absolute atomic E-state index is 11.7. The molecule has 0 N–H and O–H groups in total. The molecule has 0 aromatic carbocycles. The molecular formula is C12H15N3O2S. The number of methoxy groups -OCH3 is 1. The lowest BCUT2D eigenvalue weighted by atomic mass is 9.90. The molecule has 0 aliphatic carbocycles. The van der Waals surface area contributed by atoms with E-state index in [-0.39, 0.29) is 5.97 Å². The zero-order valence-corrected chi connectivity index (χ0v) is 11.6. The molecule has 0 atom stereocenters. The predicted octanol–water partition coefficient (Wildman–Crippen LogP) is 1.99. The van der Waals surface area contributed by atoms with Crippen LogP contribution in [0.2, 0.25) is 0 Å². The number of imidazole rings is 1. The molecule has 2 aromatic heterocycles. The van der Waals surface area contributed by atoms with E-state index in [1.807, 2.05) is 23.2 Å². The summed E-state index contributed by atoms with van der Waals surface area (Å²) in [6, 6.07) is 0. The van der Waals surface area contributed by atoms with Gasteiger partial charge in [0.15, 0.2) is 10.8 Å². The molecule has 96 valence electrons. The van der Waals surface area contributed by atoms with Crippen LogP contribution in [-0.4, -0.2) is 27.6 Å². The summed E-state index contributed by atoms with van der Waals surface area (Å²) in [6.45, 7) is 3.60. The van der Waals surface area contributed by atoms with Crippen LogP contribution in [0.5, 0.6) is 0 Å². The number of carbonyl (C=O) groups excluding carboxylic acids is 1. The van der Waals surface area contributed by atoms with Crippen molar-refractivity contribution in [2.75, 3.05) is 7.11 Å². The van der Waals surface area contributed by atoms with E-state index < -0.39 is 5.41 Å². The van der Waals surface area contributed by atoms with Gasteiger partial charge in [0.25, 0.3) is 0 Å². The van der Waals surface area contributed by atoms with Crippen LogP contribution >= 0.6 is 11.3 Å². The first-order valence-corrected chi connectivity index (χ1v) is 6.37. The van der Waals surface area contributed by atoms with Gasteiger partial charge in [0.05, 0.1) is 12.8 Å². The third kappa shape index (κ3) is 2.03. The lowest BCUT2D eigenvalue weighted by Crippen LogP contribution is -2.30. The third-order valence-corrected chi connectivity index (χ3v) is 3.69. The summed E-state index contributed by atoms with van der Waals surface area (Å²) in [7, 11) is 3.30. The van der Waals surface area contributed by atoms with E-state index in [2.05, 4.69) is 9.97 Å². The highest BCUT2D eigenvalue weighted by atomic mass is 32.1. The fourth-order valence-electron chi connectivity index (χ4n) is 1.59. The Balaban J connectivity index is 2.37. The standard InChI is InChI=1S/C12H15N3O2S/c1-12(2,11(16)17-4)8-7-18-10(14-8)9-13-5-6-15(9)3/h5-7H,1-4H3. The molecule has 18 heavy (non-hydrogen) atoms. The van der Waals surface area contributed by atoms with Crippen LogP contribution < -0.4 is 0 Å². The number of aryl methyl sites for hydroxylation is 1. The molecular weight excluding hydrogens is 250 g/mol. The Morgan fingerprint density at radius 3 is 2.78 bits per heavy atom. The van der Waals surface area contributed by atoms with Crippen molar-refractivity contribution in [1.29, 1.82) is 0 Å². The fourth-order valence-corrected chi connectivity index (χ4v) is 2.62. The molecule has 0 amide bonds. The minimum absolute atomic E-state index is 0.292. The summed E-state index contributed by atoms with van der Waals surface area (Å²) in [5, 5.41) is 2.68. The number of rotatable bonds is 3. The molecule has 0 aliphatic rings. The zero-order chi connectivity index (χ0) is 13.3. The molecule has 0 unspecified atom stereocenters. The number of ether oxygens (including phenoxy) is 1.